The molecule has 2 aromatic carbocycles. The van der Waals surface area contributed by atoms with Crippen LogP contribution >= 0.6 is 0 Å². The van der Waals surface area contributed by atoms with E-state index in [0.717, 1.165) is 25.9 Å². The molecule has 8 heteroatoms. The van der Waals surface area contributed by atoms with Crippen molar-refractivity contribution < 1.29 is 17.9 Å². The van der Waals surface area contributed by atoms with Crippen LogP contribution in [0.3, 0.4) is 0 Å². The minimum absolute atomic E-state index is 0.0934. The molecule has 0 atom stereocenters. The minimum atomic E-state index is -2.77. The maximum absolute atomic E-state index is 13.0. The molecule has 154 valence electrons. The van der Waals surface area contributed by atoms with Crippen LogP contribution in [0.15, 0.2) is 48.5 Å². The van der Waals surface area contributed by atoms with Gasteiger partial charge in [-0.1, -0.05) is 30.3 Å². The highest BCUT2D eigenvalue weighted by molar-refractivity contribution is 7.73. The van der Waals surface area contributed by atoms with Crippen molar-refractivity contribution in [1.29, 1.82) is 0 Å². The van der Waals surface area contributed by atoms with Crippen LogP contribution in [-0.4, -0.2) is 57.4 Å². The molecule has 1 N–H and O–H groups in total. The van der Waals surface area contributed by atoms with Crippen LogP contribution in [-0.2, 0) is 16.4 Å². The Bertz CT molecular complexity index is 957. The molecule has 2 aromatic rings. The van der Waals surface area contributed by atoms with E-state index in [1.165, 1.54) is 18.7 Å². The van der Waals surface area contributed by atoms with E-state index in [4.69, 9.17) is 4.74 Å². The smallest absolute Gasteiger partial charge is 0.257 e. The largest absolute Gasteiger partial charge is 0.496 e. The number of hydrogen-bond donors (Lipinski definition) is 2. The molecule has 0 aromatic heterocycles. The van der Waals surface area contributed by atoms with Gasteiger partial charge in [-0.25, -0.2) is 8.42 Å². The third kappa shape index (κ3) is 3.95. The van der Waals surface area contributed by atoms with Crippen molar-refractivity contribution in [3.63, 3.8) is 0 Å². The Morgan fingerprint density at radius 1 is 1.03 bits per heavy atom. The number of methoxy groups -OCH3 is 1. The fourth-order valence-electron chi connectivity index (χ4n) is 4.21. The van der Waals surface area contributed by atoms with E-state index in [-0.39, 0.29) is 11.4 Å². The standard InChI is InChI=1S/C21H25N3O4S/c1-28-19-15-17(22-29(26)27)7-8-18(19)20(25)23-11-13-24(14-12-23)21(9-10-21)16-5-3-2-4-6-16/h2-8,15,29H,9-14H2,1H3,(H,22,26,27). The van der Waals surface area contributed by atoms with E-state index < -0.39 is 10.9 Å². The number of amides is 1. The molecule has 2 fully saturated rings. The molecule has 4 rings (SSSR count). The molecule has 1 saturated carbocycles. The van der Waals surface area contributed by atoms with Gasteiger partial charge in [0, 0.05) is 37.8 Å². The molecule has 29 heavy (non-hydrogen) atoms. The second-order valence-corrected chi connectivity index (χ2v) is 8.20. The molecular weight excluding hydrogens is 390 g/mol. The SMILES string of the molecule is COc1cc(N[SH](=O)=O)ccc1C(=O)N1CCN(C2(c3ccccc3)CC2)CC1. The summed E-state index contributed by atoms with van der Waals surface area (Å²) in [7, 11) is -1.29. The van der Waals surface area contributed by atoms with Crippen LogP contribution < -0.4 is 9.46 Å². The maximum Gasteiger partial charge on any atom is 0.257 e. The van der Waals surface area contributed by atoms with Gasteiger partial charge < -0.3 is 9.64 Å². The van der Waals surface area contributed by atoms with Crippen molar-refractivity contribution in [2.24, 2.45) is 0 Å². The van der Waals surface area contributed by atoms with E-state index in [9.17, 15) is 13.2 Å². The lowest BCUT2D eigenvalue weighted by molar-refractivity contribution is 0.0528. The summed E-state index contributed by atoms with van der Waals surface area (Å²) in [6, 6.07) is 15.3. The van der Waals surface area contributed by atoms with Crippen LogP contribution in [0.5, 0.6) is 5.75 Å². The van der Waals surface area contributed by atoms with Gasteiger partial charge in [0.2, 0.25) is 10.9 Å². The number of carbonyl (C=O) groups is 1. The molecule has 7 nitrogen and oxygen atoms in total. The summed E-state index contributed by atoms with van der Waals surface area (Å²) < 4.78 is 29.4. The van der Waals surface area contributed by atoms with Crippen molar-refractivity contribution in [2.75, 3.05) is 38.0 Å². The van der Waals surface area contributed by atoms with Crippen LogP contribution in [0.1, 0.15) is 28.8 Å². The number of nitrogens with zero attached hydrogens (tertiary/aromatic N) is 2. The highest BCUT2D eigenvalue weighted by Gasteiger charge is 2.49. The lowest BCUT2D eigenvalue weighted by atomic mass is 10.0. The van der Waals surface area contributed by atoms with Gasteiger partial charge in [-0.2, -0.15) is 0 Å². The van der Waals surface area contributed by atoms with Crippen molar-refractivity contribution in [3.8, 4) is 5.75 Å². The molecule has 0 bridgehead atoms. The number of benzene rings is 2. The van der Waals surface area contributed by atoms with E-state index in [0.29, 0.717) is 30.1 Å². The van der Waals surface area contributed by atoms with Gasteiger partial charge in [-0.05, 0) is 30.5 Å². The maximum atomic E-state index is 13.0. The molecule has 1 saturated heterocycles. The van der Waals surface area contributed by atoms with Crippen molar-refractivity contribution in [2.45, 2.75) is 18.4 Å². The second-order valence-electron chi connectivity index (χ2n) is 7.46. The Morgan fingerprint density at radius 2 is 1.72 bits per heavy atom. The first-order chi connectivity index (χ1) is 14.0. The zero-order chi connectivity index (χ0) is 20.4. The molecule has 0 spiro atoms. The monoisotopic (exact) mass is 415 g/mol. The zero-order valence-corrected chi connectivity index (χ0v) is 17.2. The fraction of sp³-hybridized carbons (Fsp3) is 0.381. The third-order valence-electron chi connectivity index (χ3n) is 5.86. The first-order valence-corrected chi connectivity index (χ1v) is 10.9. The predicted molar refractivity (Wildman–Crippen MR) is 112 cm³/mol. The topological polar surface area (TPSA) is 78.9 Å². The molecule has 0 unspecified atom stereocenters. The van der Waals surface area contributed by atoms with Crippen molar-refractivity contribution in [3.05, 3.63) is 59.7 Å². The number of nitrogens with one attached hydrogen (secondary N) is 1. The zero-order valence-electron chi connectivity index (χ0n) is 16.3. The van der Waals surface area contributed by atoms with Crippen LogP contribution in [0.25, 0.3) is 0 Å². The van der Waals surface area contributed by atoms with E-state index in [1.54, 1.807) is 12.1 Å². The summed E-state index contributed by atoms with van der Waals surface area (Å²) in [5, 5.41) is 0. The highest BCUT2D eigenvalue weighted by Crippen LogP contribution is 2.51. The van der Waals surface area contributed by atoms with Gasteiger partial charge in [0.1, 0.15) is 5.75 Å². The normalized spacial score (nSPS) is 18.5. The summed E-state index contributed by atoms with van der Waals surface area (Å²) >= 11 is 0. The molecule has 1 aliphatic heterocycles. The van der Waals surface area contributed by atoms with E-state index >= 15 is 0 Å². The average molecular weight is 416 g/mol. The number of carbonyl (C=O) groups excluding carboxylic acids is 1. The fourth-order valence-corrected chi connectivity index (χ4v) is 4.55. The second kappa shape index (κ2) is 8.04. The van der Waals surface area contributed by atoms with Crippen molar-refractivity contribution in [1.82, 2.24) is 9.80 Å². The molecule has 2 aliphatic rings. The first kappa shape index (κ1) is 19.7. The Hall–Kier alpha value is -2.58. The third-order valence-corrected chi connectivity index (χ3v) is 6.30. The van der Waals surface area contributed by atoms with Crippen LogP contribution in [0, 0.1) is 0 Å². The molecular formula is C21H25N3O4S. The summed E-state index contributed by atoms with van der Waals surface area (Å²) in [6.45, 7) is 2.98. The molecule has 1 amide bonds. The van der Waals surface area contributed by atoms with Crippen LogP contribution in [0.2, 0.25) is 0 Å². The van der Waals surface area contributed by atoms with Gasteiger partial charge in [-0.15, -0.1) is 0 Å². The Labute approximate surface area is 172 Å². The number of anilines is 1. The lowest BCUT2D eigenvalue weighted by Gasteiger charge is -2.40. The number of rotatable bonds is 6. The Kier molecular flexibility index (Phi) is 5.47. The average Bonchev–Trinajstić information content (AvgIpc) is 3.55. The summed E-state index contributed by atoms with van der Waals surface area (Å²) in [5.41, 5.74) is 2.31. The van der Waals surface area contributed by atoms with Gasteiger partial charge in [-0.3, -0.25) is 14.4 Å². The highest BCUT2D eigenvalue weighted by atomic mass is 32.2. The Balaban J connectivity index is 1.44. The van der Waals surface area contributed by atoms with Crippen LogP contribution in [0.4, 0.5) is 5.69 Å². The van der Waals surface area contributed by atoms with E-state index in [1.807, 2.05) is 11.0 Å². The number of thiol groups is 1. The van der Waals surface area contributed by atoms with E-state index in [2.05, 4.69) is 33.9 Å². The van der Waals surface area contributed by atoms with Gasteiger partial charge in [0.05, 0.1) is 18.4 Å². The van der Waals surface area contributed by atoms with Gasteiger partial charge in [0.15, 0.2) is 0 Å². The minimum Gasteiger partial charge on any atom is -0.496 e. The summed E-state index contributed by atoms with van der Waals surface area (Å²) in [5.74, 6) is 0.270. The first-order valence-electron chi connectivity index (χ1n) is 9.72. The van der Waals surface area contributed by atoms with Gasteiger partial charge >= 0.3 is 0 Å². The molecule has 0 radical (unpaired) electrons. The van der Waals surface area contributed by atoms with Gasteiger partial charge in [0.25, 0.3) is 5.91 Å². The summed E-state index contributed by atoms with van der Waals surface area (Å²) in [4.78, 5) is 17.4. The lowest BCUT2D eigenvalue weighted by Crippen LogP contribution is -2.52. The number of piperazine rings is 1. The molecule has 1 heterocycles. The quantitative estimate of drug-likeness (QED) is 0.707. The molecule has 1 aliphatic carbocycles. The summed E-state index contributed by atoms with van der Waals surface area (Å²) in [6.07, 6.45) is 2.32. The van der Waals surface area contributed by atoms with Crippen molar-refractivity contribution >= 4 is 22.5 Å². The Morgan fingerprint density at radius 3 is 2.31 bits per heavy atom. The number of hydrogen-bond acceptors (Lipinski definition) is 5. The predicted octanol–water partition coefficient (Wildman–Crippen LogP) is 2.08. The number of ether oxygens (including phenoxy) is 1.